The minimum Gasteiger partial charge on any atom is -0.480 e. The molecule has 1 atom stereocenters. The molecule has 0 aliphatic rings. The number of hydrogen-bond donors (Lipinski definition) is 2. The molecule has 0 radical (unpaired) electrons. The Kier molecular flexibility index (Phi) is 4.99. The summed E-state index contributed by atoms with van der Waals surface area (Å²) in [5.41, 5.74) is 0.821. The van der Waals surface area contributed by atoms with Crippen molar-refractivity contribution in [2.24, 2.45) is 0 Å². The van der Waals surface area contributed by atoms with E-state index < -0.39 is 18.1 Å². The van der Waals surface area contributed by atoms with Gasteiger partial charge in [0.2, 0.25) is 0 Å². The van der Waals surface area contributed by atoms with Crippen molar-refractivity contribution in [3.05, 3.63) is 72.2 Å². The monoisotopic (exact) mass is 339 g/mol. The minimum absolute atomic E-state index is 0.0310. The highest BCUT2D eigenvalue weighted by molar-refractivity contribution is 5.85. The third-order valence-electron chi connectivity index (χ3n) is 3.78. The van der Waals surface area contributed by atoms with Crippen LogP contribution in [0.15, 0.2) is 65.3 Å². The second kappa shape index (κ2) is 7.53. The lowest BCUT2D eigenvalue weighted by molar-refractivity contribution is -0.139. The summed E-state index contributed by atoms with van der Waals surface area (Å²) in [6, 6.07) is 15.5. The zero-order valence-corrected chi connectivity index (χ0v) is 13.3. The predicted octanol–water partition coefficient (Wildman–Crippen LogP) is 3.35. The van der Waals surface area contributed by atoms with Crippen molar-refractivity contribution < 1.29 is 23.8 Å². The first-order valence-corrected chi connectivity index (χ1v) is 7.78. The van der Waals surface area contributed by atoms with Crippen LogP contribution in [0.4, 0.5) is 4.79 Å². The smallest absolute Gasteiger partial charge is 0.408 e. The van der Waals surface area contributed by atoms with E-state index in [4.69, 9.17) is 9.15 Å². The maximum absolute atomic E-state index is 11.9. The summed E-state index contributed by atoms with van der Waals surface area (Å²) in [6.45, 7) is 0.0721. The molecule has 1 heterocycles. The van der Waals surface area contributed by atoms with E-state index in [0.29, 0.717) is 5.76 Å². The number of fused-ring (bicyclic) bond motifs is 1. The zero-order chi connectivity index (χ0) is 17.6. The van der Waals surface area contributed by atoms with Crippen molar-refractivity contribution in [2.45, 2.75) is 19.1 Å². The normalized spacial score (nSPS) is 11.8. The Morgan fingerprint density at radius 1 is 1.08 bits per heavy atom. The molecule has 0 saturated heterocycles. The van der Waals surface area contributed by atoms with E-state index >= 15 is 0 Å². The molecule has 2 aromatic carbocycles. The van der Waals surface area contributed by atoms with Crippen molar-refractivity contribution in [2.75, 3.05) is 0 Å². The molecule has 6 nitrogen and oxygen atoms in total. The second-order valence-corrected chi connectivity index (χ2v) is 5.55. The van der Waals surface area contributed by atoms with Crippen molar-refractivity contribution >= 4 is 22.8 Å². The Hall–Kier alpha value is -3.28. The number of nitrogens with one attached hydrogen (secondary N) is 1. The summed E-state index contributed by atoms with van der Waals surface area (Å²) in [5, 5.41) is 13.4. The molecule has 128 valence electrons. The largest absolute Gasteiger partial charge is 0.480 e. The molecule has 1 unspecified atom stereocenters. The number of alkyl carbamates (subject to hydrolysis) is 1. The first-order valence-electron chi connectivity index (χ1n) is 7.78. The van der Waals surface area contributed by atoms with Gasteiger partial charge < -0.3 is 19.6 Å². The molecule has 1 aromatic heterocycles. The number of carboxylic acid groups (broad SMARTS) is 1. The summed E-state index contributed by atoms with van der Waals surface area (Å²) in [4.78, 5) is 23.4. The van der Waals surface area contributed by atoms with Crippen LogP contribution in [0.5, 0.6) is 0 Å². The molecule has 25 heavy (non-hydrogen) atoms. The number of carboxylic acids is 1. The predicted molar refractivity (Wildman–Crippen MR) is 91.1 cm³/mol. The molecule has 0 bridgehead atoms. The van der Waals surface area contributed by atoms with Gasteiger partial charge in [0, 0.05) is 17.2 Å². The Balaban J connectivity index is 1.63. The number of rotatable bonds is 6. The summed E-state index contributed by atoms with van der Waals surface area (Å²) in [6.07, 6.45) is 0.813. The number of benzene rings is 2. The van der Waals surface area contributed by atoms with Crippen LogP contribution >= 0.6 is 0 Å². The van der Waals surface area contributed by atoms with E-state index in [-0.39, 0.29) is 13.0 Å². The Bertz CT molecular complexity index is 872. The van der Waals surface area contributed by atoms with Gasteiger partial charge in [-0.2, -0.15) is 0 Å². The molecule has 0 aliphatic heterocycles. The third-order valence-corrected chi connectivity index (χ3v) is 3.78. The van der Waals surface area contributed by atoms with Crippen LogP contribution in [0.25, 0.3) is 10.8 Å². The van der Waals surface area contributed by atoms with Gasteiger partial charge in [-0.15, -0.1) is 0 Å². The number of carbonyl (C=O) groups is 2. The fraction of sp³-hybridized carbons (Fsp3) is 0.158. The number of hydrogen-bond acceptors (Lipinski definition) is 4. The molecular weight excluding hydrogens is 322 g/mol. The third kappa shape index (κ3) is 4.17. The number of amides is 1. The lowest BCUT2D eigenvalue weighted by Crippen LogP contribution is -2.42. The lowest BCUT2D eigenvalue weighted by Gasteiger charge is -2.13. The molecule has 0 spiro atoms. The van der Waals surface area contributed by atoms with Crippen LogP contribution in [-0.4, -0.2) is 23.2 Å². The Morgan fingerprint density at radius 2 is 1.80 bits per heavy atom. The highest BCUT2D eigenvalue weighted by Gasteiger charge is 2.23. The van der Waals surface area contributed by atoms with Crippen molar-refractivity contribution in [1.82, 2.24) is 5.32 Å². The maximum atomic E-state index is 11.9. The highest BCUT2D eigenvalue weighted by Crippen LogP contribution is 2.22. The van der Waals surface area contributed by atoms with Crippen molar-refractivity contribution in [3.63, 3.8) is 0 Å². The van der Waals surface area contributed by atoms with E-state index in [1.54, 1.807) is 6.26 Å². The first kappa shape index (κ1) is 16.6. The summed E-state index contributed by atoms with van der Waals surface area (Å²) >= 11 is 0. The van der Waals surface area contributed by atoms with Crippen LogP contribution in [0.1, 0.15) is 11.3 Å². The maximum Gasteiger partial charge on any atom is 0.408 e. The SMILES string of the molecule is O=C(NC(Cc1occ2ccccc12)C(=O)O)OCc1ccccc1. The van der Waals surface area contributed by atoms with Gasteiger partial charge in [-0.05, 0) is 5.56 Å². The van der Waals surface area contributed by atoms with Gasteiger partial charge in [0.05, 0.1) is 6.26 Å². The Morgan fingerprint density at radius 3 is 2.56 bits per heavy atom. The molecule has 1 amide bonds. The average Bonchev–Trinajstić information content (AvgIpc) is 3.03. The quantitative estimate of drug-likeness (QED) is 0.719. The number of furan rings is 1. The van der Waals surface area contributed by atoms with E-state index in [2.05, 4.69) is 5.32 Å². The molecule has 6 heteroatoms. The number of ether oxygens (including phenoxy) is 1. The standard InChI is InChI=1S/C19H17NO5/c21-18(22)16(10-17-15-9-5-4-8-14(15)12-24-17)20-19(23)25-11-13-6-2-1-3-7-13/h1-9,12,16H,10-11H2,(H,20,23)(H,21,22). The summed E-state index contributed by atoms with van der Waals surface area (Å²) in [5.74, 6) is -0.650. The topological polar surface area (TPSA) is 88.8 Å². The Labute approximate surface area is 144 Å². The van der Waals surface area contributed by atoms with Gasteiger partial charge >= 0.3 is 12.1 Å². The van der Waals surface area contributed by atoms with Gasteiger partial charge in [-0.3, -0.25) is 0 Å². The van der Waals surface area contributed by atoms with Gasteiger partial charge in [-0.1, -0.05) is 54.6 Å². The van der Waals surface area contributed by atoms with Gasteiger partial charge in [-0.25, -0.2) is 9.59 Å². The number of carbonyl (C=O) groups excluding carboxylic acids is 1. The molecule has 0 saturated carbocycles. The van der Waals surface area contributed by atoms with E-state index in [1.807, 2.05) is 54.6 Å². The van der Waals surface area contributed by atoms with Crippen molar-refractivity contribution in [3.8, 4) is 0 Å². The fourth-order valence-corrected chi connectivity index (χ4v) is 2.50. The van der Waals surface area contributed by atoms with Gasteiger partial charge in [0.1, 0.15) is 18.4 Å². The number of aliphatic carboxylic acids is 1. The van der Waals surface area contributed by atoms with E-state index in [1.165, 1.54) is 0 Å². The van der Waals surface area contributed by atoms with Crippen LogP contribution < -0.4 is 5.32 Å². The average molecular weight is 339 g/mol. The van der Waals surface area contributed by atoms with Crippen LogP contribution in [0.2, 0.25) is 0 Å². The molecule has 3 rings (SSSR count). The summed E-state index contributed by atoms with van der Waals surface area (Å²) < 4.78 is 10.5. The first-order chi connectivity index (χ1) is 12.1. The van der Waals surface area contributed by atoms with E-state index in [0.717, 1.165) is 16.3 Å². The zero-order valence-electron chi connectivity index (χ0n) is 13.3. The lowest BCUT2D eigenvalue weighted by atomic mass is 10.1. The molecule has 0 fully saturated rings. The van der Waals surface area contributed by atoms with Crippen LogP contribution in [0, 0.1) is 0 Å². The molecule has 2 N–H and O–H groups in total. The van der Waals surface area contributed by atoms with E-state index in [9.17, 15) is 14.7 Å². The van der Waals surface area contributed by atoms with Crippen LogP contribution in [-0.2, 0) is 22.6 Å². The van der Waals surface area contributed by atoms with Crippen molar-refractivity contribution in [1.29, 1.82) is 0 Å². The fourth-order valence-electron chi connectivity index (χ4n) is 2.50. The second-order valence-electron chi connectivity index (χ2n) is 5.55. The molecule has 0 aliphatic carbocycles. The van der Waals surface area contributed by atoms with Gasteiger partial charge in [0.25, 0.3) is 0 Å². The van der Waals surface area contributed by atoms with Gasteiger partial charge in [0.15, 0.2) is 0 Å². The molecule has 3 aromatic rings. The molecular formula is C19H17NO5. The van der Waals surface area contributed by atoms with Crippen LogP contribution in [0.3, 0.4) is 0 Å². The minimum atomic E-state index is -1.16. The highest BCUT2D eigenvalue weighted by atomic mass is 16.5. The summed E-state index contributed by atoms with van der Waals surface area (Å²) in [7, 11) is 0.